The third kappa shape index (κ3) is 2.15. The van der Waals surface area contributed by atoms with Crippen molar-refractivity contribution in [2.45, 2.75) is 44.7 Å². The molecule has 0 spiro atoms. The van der Waals surface area contributed by atoms with Crippen LogP contribution in [0.4, 0.5) is 0 Å². The van der Waals surface area contributed by atoms with Crippen molar-refractivity contribution in [2.75, 3.05) is 0 Å². The Morgan fingerprint density at radius 1 is 1.47 bits per heavy atom. The summed E-state index contributed by atoms with van der Waals surface area (Å²) in [6, 6.07) is 8.15. The van der Waals surface area contributed by atoms with Gasteiger partial charge in [-0.25, -0.2) is 0 Å². The lowest BCUT2D eigenvalue weighted by Crippen LogP contribution is -2.47. The molecular formula is C13H19NO. The summed E-state index contributed by atoms with van der Waals surface area (Å²) < 4.78 is 0. The van der Waals surface area contributed by atoms with E-state index in [1.807, 2.05) is 12.1 Å². The molecule has 2 N–H and O–H groups in total. The molecule has 1 aliphatic heterocycles. The van der Waals surface area contributed by atoms with Crippen LogP contribution in [0.5, 0.6) is 5.75 Å². The van der Waals surface area contributed by atoms with Crippen LogP contribution in [0, 0.1) is 0 Å². The van der Waals surface area contributed by atoms with Crippen molar-refractivity contribution >= 4 is 0 Å². The van der Waals surface area contributed by atoms with Crippen LogP contribution in [0.3, 0.4) is 0 Å². The van der Waals surface area contributed by atoms with E-state index in [4.69, 9.17) is 0 Å². The van der Waals surface area contributed by atoms with Crippen LogP contribution in [0.1, 0.15) is 38.7 Å². The Balaban J connectivity index is 2.28. The van der Waals surface area contributed by atoms with Gasteiger partial charge < -0.3 is 10.4 Å². The van der Waals surface area contributed by atoms with Crippen molar-refractivity contribution in [1.29, 1.82) is 0 Å². The third-order valence-electron chi connectivity index (χ3n) is 3.36. The summed E-state index contributed by atoms with van der Waals surface area (Å²) in [6.45, 7) is 4.44. The van der Waals surface area contributed by atoms with Crippen molar-refractivity contribution in [3.63, 3.8) is 0 Å². The molecule has 1 fully saturated rings. The first kappa shape index (κ1) is 10.5. The summed E-state index contributed by atoms with van der Waals surface area (Å²) in [5.74, 6) is 0.355. The Kier molecular flexibility index (Phi) is 2.70. The Labute approximate surface area is 91.3 Å². The highest BCUT2D eigenvalue weighted by Gasteiger charge is 2.31. The minimum atomic E-state index is 0.0242. The van der Waals surface area contributed by atoms with Gasteiger partial charge in [0.25, 0.3) is 0 Å². The number of phenolic OH excluding ortho intramolecular Hbond substituents is 1. The second-order valence-corrected chi connectivity index (χ2v) is 4.82. The van der Waals surface area contributed by atoms with E-state index in [2.05, 4.69) is 25.2 Å². The lowest BCUT2D eigenvalue weighted by atomic mass is 9.82. The lowest BCUT2D eigenvalue weighted by Gasteiger charge is -2.39. The van der Waals surface area contributed by atoms with Crippen LogP contribution in [0.2, 0.25) is 0 Å². The minimum absolute atomic E-state index is 0.0242. The molecular weight excluding hydrogens is 186 g/mol. The Morgan fingerprint density at radius 2 is 2.27 bits per heavy atom. The molecule has 0 radical (unpaired) electrons. The predicted molar refractivity (Wildman–Crippen MR) is 61.9 cm³/mol. The van der Waals surface area contributed by atoms with Crippen molar-refractivity contribution in [2.24, 2.45) is 0 Å². The van der Waals surface area contributed by atoms with Gasteiger partial charge in [-0.1, -0.05) is 12.1 Å². The number of hydrogen-bond acceptors (Lipinski definition) is 2. The number of hydrogen-bond donors (Lipinski definition) is 2. The maximum absolute atomic E-state index is 9.50. The van der Waals surface area contributed by atoms with Crippen LogP contribution in [0.25, 0.3) is 0 Å². The number of phenols is 1. The van der Waals surface area contributed by atoms with E-state index in [1.165, 1.54) is 18.4 Å². The topological polar surface area (TPSA) is 32.3 Å². The van der Waals surface area contributed by atoms with Crippen molar-refractivity contribution in [3.8, 4) is 5.75 Å². The molecule has 1 aliphatic rings. The Morgan fingerprint density at radius 3 is 2.93 bits per heavy atom. The summed E-state index contributed by atoms with van der Waals surface area (Å²) in [5, 5.41) is 13.1. The molecule has 0 amide bonds. The molecule has 1 saturated heterocycles. The van der Waals surface area contributed by atoms with E-state index in [0.717, 1.165) is 6.42 Å². The fourth-order valence-electron chi connectivity index (χ4n) is 2.53. The molecule has 2 nitrogen and oxygen atoms in total. The molecule has 0 saturated carbocycles. The van der Waals surface area contributed by atoms with E-state index in [1.54, 1.807) is 6.07 Å². The zero-order valence-corrected chi connectivity index (χ0v) is 9.46. The molecule has 2 rings (SSSR count). The molecule has 2 unspecified atom stereocenters. The average Bonchev–Trinajstić information content (AvgIpc) is 2.17. The first-order valence-corrected chi connectivity index (χ1v) is 5.67. The van der Waals surface area contributed by atoms with Gasteiger partial charge in [0.05, 0.1) is 0 Å². The number of nitrogens with one attached hydrogen (secondary N) is 1. The largest absolute Gasteiger partial charge is 0.508 e. The summed E-state index contributed by atoms with van der Waals surface area (Å²) in [4.78, 5) is 0. The highest BCUT2D eigenvalue weighted by Crippen LogP contribution is 2.33. The minimum Gasteiger partial charge on any atom is -0.508 e. The van der Waals surface area contributed by atoms with Gasteiger partial charge in [-0.2, -0.15) is 0 Å². The predicted octanol–water partition coefficient (Wildman–Crippen LogP) is 2.77. The van der Waals surface area contributed by atoms with Gasteiger partial charge in [-0.05, 0) is 50.8 Å². The van der Waals surface area contributed by atoms with Crippen LogP contribution in [0.15, 0.2) is 24.3 Å². The van der Waals surface area contributed by atoms with E-state index in [9.17, 15) is 5.11 Å². The molecule has 0 aromatic heterocycles. The lowest BCUT2D eigenvalue weighted by molar-refractivity contribution is 0.235. The molecule has 1 heterocycles. The molecule has 15 heavy (non-hydrogen) atoms. The zero-order chi connectivity index (χ0) is 10.9. The fraction of sp³-hybridized carbons (Fsp3) is 0.538. The number of piperidine rings is 1. The molecule has 1 aromatic carbocycles. The average molecular weight is 205 g/mol. The third-order valence-corrected chi connectivity index (χ3v) is 3.36. The Bertz CT molecular complexity index is 350. The zero-order valence-electron chi connectivity index (χ0n) is 9.46. The number of benzene rings is 1. The van der Waals surface area contributed by atoms with Gasteiger partial charge >= 0.3 is 0 Å². The van der Waals surface area contributed by atoms with Gasteiger partial charge in [-0.3, -0.25) is 0 Å². The molecule has 2 heteroatoms. The smallest absolute Gasteiger partial charge is 0.115 e. The normalized spacial score (nSPS) is 31.5. The maximum atomic E-state index is 9.50. The van der Waals surface area contributed by atoms with Gasteiger partial charge in [-0.15, -0.1) is 0 Å². The Hall–Kier alpha value is -1.02. The summed E-state index contributed by atoms with van der Waals surface area (Å²) >= 11 is 0. The van der Waals surface area contributed by atoms with E-state index < -0.39 is 0 Å². The summed E-state index contributed by atoms with van der Waals surface area (Å²) in [6.07, 6.45) is 3.63. The van der Waals surface area contributed by atoms with Gasteiger partial charge in [0, 0.05) is 11.6 Å². The van der Waals surface area contributed by atoms with Crippen LogP contribution < -0.4 is 5.32 Å². The summed E-state index contributed by atoms with van der Waals surface area (Å²) in [7, 11) is 0. The number of aromatic hydroxyl groups is 1. The van der Waals surface area contributed by atoms with Gasteiger partial charge in [0.15, 0.2) is 0 Å². The monoisotopic (exact) mass is 205 g/mol. The molecule has 0 aliphatic carbocycles. The second kappa shape index (κ2) is 3.86. The first-order valence-electron chi connectivity index (χ1n) is 5.67. The van der Waals surface area contributed by atoms with Crippen LogP contribution in [-0.4, -0.2) is 11.1 Å². The first-order chi connectivity index (χ1) is 7.10. The fourth-order valence-corrected chi connectivity index (χ4v) is 2.53. The van der Waals surface area contributed by atoms with Crippen LogP contribution >= 0.6 is 0 Å². The highest BCUT2D eigenvalue weighted by atomic mass is 16.3. The standard InChI is InChI=1S/C13H19NO/c1-10-5-4-8-13(2,14-10)11-6-3-7-12(15)9-11/h3,6-7,9-10,14-15H,4-5,8H2,1-2H3. The molecule has 82 valence electrons. The van der Waals surface area contributed by atoms with E-state index in [-0.39, 0.29) is 5.54 Å². The SMILES string of the molecule is CC1CCCC(C)(c2cccc(O)c2)N1. The molecule has 1 aromatic rings. The van der Waals surface area contributed by atoms with E-state index in [0.29, 0.717) is 11.8 Å². The maximum Gasteiger partial charge on any atom is 0.115 e. The van der Waals surface area contributed by atoms with Crippen LogP contribution in [-0.2, 0) is 5.54 Å². The molecule has 0 bridgehead atoms. The van der Waals surface area contributed by atoms with Gasteiger partial charge in [0.1, 0.15) is 5.75 Å². The quantitative estimate of drug-likeness (QED) is 0.739. The number of rotatable bonds is 1. The highest BCUT2D eigenvalue weighted by molar-refractivity contribution is 5.32. The second-order valence-electron chi connectivity index (χ2n) is 4.82. The van der Waals surface area contributed by atoms with E-state index >= 15 is 0 Å². The van der Waals surface area contributed by atoms with Gasteiger partial charge in [0.2, 0.25) is 0 Å². The van der Waals surface area contributed by atoms with Crippen molar-refractivity contribution < 1.29 is 5.11 Å². The molecule has 2 atom stereocenters. The van der Waals surface area contributed by atoms with Crippen molar-refractivity contribution in [3.05, 3.63) is 29.8 Å². The summed E-state index contributed by atoms with van der Waals surface area (Å²) in [5.41, 5.74) is 1.21. The van der Waals surface area contributed by atoms with Crippen molar-refractivity contribution in [1.82, 2.24) is 5.32 Å².